The van der Waals surface area contributed by atoms with Gasteiger partial charge in [0.2, 0.25) is 5.88 Å². The molecule has 7 heteroatoms. The van der Waals surface area contributed by atoms with Crippen LogP contribution in [0.3, 0.4) is 0 Å². The average molecular weight is 283 g/mol. The number of aromatic nitrogens is 2. The summed E-state index contributed by atoms with van der Waals surface area (Å²) in [5.41, 5.74) is 2.42. The SMILES string of the molecule is CCc1nc(NN)cc(Oc2ccc(Cl)c(F)c2)n1. The minimum Gasteiger partial charge on any atom is -0.439 e. The Labute approximate surface area is 114 Å². The first-order valence-electron chi connectivity index (χ1n) is 5.60. The van der Waals surface area contributed by atoms with Crippen molar-refractivity contribution in [2.45, 2.75) is 13.3 Å². The van der Waals surface area contributed by atoms with Crippen LogP contribution in [0.1, 0.15) is 12.7 Å². The molecule has 0 aliphatic carbocycles. The Balaban J connectivity index is 2.29. The van der Waals surface area contributed by atoms with Crippen LogP contribution in [0, 0.1) is 5.82 Å². The molecule has 0 aliphatic rings. The lowest BCUT2D eigenvalue weighted by molar-refractivity contribution is 0.454. The predicted octanol–water partition coefficient (Wildman–Crippen LogP) is 2.91. The molecule has 1 heterocycles. The molecule has 0 unspecified atom stereocenters. The van der Waals surface area contributed by atoms with E-state index in [1.807, 2.05) is 6.92 Å². The molecule has 0 aliphatic heterocycles. The van der Waals surface area contributed by atoms with Crippen LogP contribution in [0.4, 0.5) is 10.2 Å². The van der Waals surface area contributed by atoms with Gasteiger partial charge in [0.1, 0.15) is 23.2 Å². The predicted molar refractivity (Wildman–Crippen MR) is 70.7 cm³/mol. The molecule has 0 bridgehead atoms. The minimum atomic E-state index is -0.555. The number of halogens is 2. The number of anilines is 1. The van der Waals surface area contributed by atoms with E-state index in [-0.39, 0.29) is 10.9 Å². The van der Waals surface area contributed by atoms with Gasteiger partial charge in [0.25, 0.3) is 0 Å². The fourth-order valence-corrected chi connectivity index (χ4v) is 1.54. The molecule has 0 spiro atoms. The minimum absolute atomic E-state index is 0.0357. The van der Waals surface area contributed by atoms with E-state index in [4.69, 9.17) is 22.2 Å². The number of nitrogens with one attached hydrogen (secondary N) is 1. The van der Waals surface area contributed by atoms with Crippen molar-refractivity contribution in [2.75, 3.05) is 5.43 Å². The van der Waals surface area contributed by atoms with Gasteiger partial charge in [0.15, 0.2) is 0 Å². The highest BCUT2D eigenvalue weighted by molar-refractivity contribution is 6.30. The number of benzene rings is 1. The third-order valence-corrected chi connectivity index (χ3v) is 2.63. The molecule has 0 saturated heterocycles. The second-order valence-corrected chi connectivity index (χ2v) is 4.09. The molecule has 1 aromatic heterocycles. The summed E-state index contributed by atoms with van der Waals surface area (Å²) in [6.07, 6.45) is 0.626. The second-order valence-electron chi connectivity index (χ2n) is 3.68. The zero-order chi connectivity index (χ0) is 13.8. The van der Waals surface area contributed by atoms with Crippen molar-refractivity contribution in [3.8, 4) is 11.6 Å². The Hall–Kier alpha value is -1.92. The number of hydrogen-bond acceptors (Lipinski definition) is 5. The molecule has 5 nitrogen and oxygen atoms in total. The summed E-state index contributed by atoms with van der Waals surface area (Å²) in [5, 5.41) is 0.0357. The van der Waals surface area contributed by atoms with Gasteiger partial charge in [-0.2, -0.15) is 4.98 Å². The number of ether oxygens (including phenoxy) is 1. The smallest absolute Gasteiger partial charge is 0.224 e. The Morgan fingerprint density at radius 1 is 1.37 bits per heavy atom. The standard InChI is InChI=1S/C12H12ClFN4O/c1-2-10-16-11(18-15)6-12(17-10)19-7-3-4-8(13)9(14)5-7/h3-6H,2,15H2,1H3,(H,16,17,18). The Bertz CT molecular complexity index is 572. The third-order valence-electron chi connectivity index (χ3n) is 2.33. The van der Waals surface area contributed by atoms with Crippen LogP contribution in [0.5, 0.6) is 11.6 Å². The second kappa shape index (κ2) is 5.81. The molecule has 1 aromatic carbocycles. The van der Waals surface area contributed by atoms with E-state index in [1.165, 1.54) is 18.2 Å². The molecule has 2 rings (SSSR count). The van der Waals surface area contributed by atoms with Gasteiger partial charge in [-0.25, -0.2) is 15.2 Å². The van der Waals surface area contributed by atoms with Crippen LogP contribution in [-0.2, 0) is 6.42 Å². The Kier molecular flexibility index (Phi) is 4.13. The number of hydrazine groups is 1. The molecule has 2 aromatic rings. The number of aryl methyl sites for hydroxylation is 1. The molecule has 0 amide bonds. The lowest BCUT2D eigenvalue weighted by atomic mass is 10.3. The van der Waals surface area contributed by atoms with E-state index in [2.05, 4.69) is 15.4 Å². The summed E-state index contributed by atoms with van der Waals surface area (Å²) in [7, 11) is 0. The number of nitrogen functional groups attached to an aromatic ring is 1. The first-order chi connectivity index (χ1) is 9.12. The van der Waals surface area contributed by atoms with Crippen LogP contribution in [-0.4, -0.2) is 9.97 Å². The first-order valence-corrected chi connectivity index (χ1v) is 5.97. The number of hydrogen-bond donors (Lipinski definition) is 2. The topological polar surface area (TPSA) is 73.1 Å². The van der Waals surface area contributed by atoms with Crippen molar-refractivity contribution >= 4 is 17.4 Å². The zero-order valence-corrected chi connectivity index (χ0v) is 10.9. The van der Waals surface area contributed by atoms with Gasteiger partial charge in [-0.15, -0.1) is 0 Å². The van der Waals surface area contributed by atoms with Gasteiger partial charge in [-0.3, -0.25) is 0 Å². The molecule has 19 heavy (non-hydrogen) atoms. The van der Waals surface area contributed by atoms with Crippen LogP contribution < -0.4 is 16.0 Å². The zero-order valence-electron chi connectivity index (χ0n) is 10.2. The number of nitrogens with zero attached hydrogens (tertiary/aromatic N) is 2. The summed E-state index contributed by atoms with van der Waals surface area (Å²) >= 11 is 5.60. The van der Waals surface area contributed by atoms with Crippen molar-refractivity contribution in [3.05, 3.63) is 40.9 Å². The van der Waals surface area contributed by atoms with E-state index in [1.54, 1.807) is 6.07 Å². The van der Waals surface area contributed by atoms with Crippen LogP contribution in [0.2, 0.25) is 5.02 Å². The fraction of sp³-hybridized carbons (Fsp3) is 0.167. The normalized spacial score (nSPS) is 10.3. The molecule has 100 valence electrons. The molecule has 3 N–H and O–H groups in total. The fourth-order valence-electron chi connectivity index (χ4n) is 1.42. The molecule has 0 radical (unpaired) electrons. The summed E-state index contributed by atoms with van der Waals surface area (Å²) < 4.78 is 18.7. The molecule has 0 fully saturated rings. The maximum Gasteiger partial charge on any atom is 0.224 e. The molecule has 0 saturated carbocycles. The van der Waals surface area contributed by atoms with Crippen LogP contribution >= 0.6 is 11.6 Å². The summed E-state index contributed by atoms with van der Waals surface area (Å²) in [6.45, 7) is 1.90. The summed E-state index contributed by atoms with van der Waals surface area (Å²) in [6, 6.07) is 5.67. The Morgan fingerprint density at radius 2 is 2.16 bits per heavy atom. The van der Waals surface area contributed by atoms with Gasteiger partial charge in [0, 0.05) is 18.6 Å². The van der Waals surface area contributed by atoms with E-state index in [9.17, 15) is 4.39 Å². The van der Waals surface area contributed by atoms with Gasteiger partial charge in [-0.1, -0.05) is 18.5 Å². The van der Waals surface area contributed by atoms with E-state index in [0.717, 1.165) is 0 Å². The quantitative estimate of drug-likeness (QED) is 0.666. The van der Waals surface area contributed by atoms with Gasteiger partial charge in [-0.05, 0) is 12.1 Å². The van der Waals surface area contributed by atoms with E-state index in [0.29, 0.717) is 23.8 Å². The number of rotatable bonds is 4. The van der Waals surface area contributed by atoms with Crippen molar-refractivity contribution in [1.82, 2.24) is 9.97 Å². The van der Waals surface area contributed by atoms with Crippen molar-refractivity contribution in [2.24, 2.45) is 5.84 Å². The Morgan fingerprint density at radius 3 is 2.79 bits per heavy atom. The summed E-state index contributed by atoms with van der Waals surface area (Å²) in [4.78, 5) is 8.28. The highest BCUT2D eigenvalue weighted by Crippen LogP contribution is 2.25. The van der Waals surface area contributed by atoms with Crippen molar-refractivity contribution in [3.63, 3.8) is 0 Å². The highest BCUT2D eigenvalue weighted by atomic mass is 35.5. The third kappa shape index (κ3) is 3.30. The summed E-state index contributed by atoms with van der Waals surface area (Å²) in [5.74, 6) is 6.32. The molecular weight excluding hydrogens is 271 g/mol. The lowest BCUT2D eigenvalue weighted by Crippen LogP contribution is -2.10. The van der Waals surface area contributed by atoms with Crippen LogP contribution in [0.15, 0.2) is 24.3 Å². The molecule has 0 atom stereocenters. The van der Waals surface area contributed by atoms with Gasteiger partial charge >= 0.3 is 0 Å². The van der Waals surface area contributed by atoms with Gasteiger partial charge < -0.3 is 10.2 Å². The van der Waals surface area contributed by atoms with E-state index < -0.39 is 5.82 Å². The first kappa shape index (κ1) is 13.5. The van der Waals surface area contributed by atoms with Crippen LogP contribution in [0.25, 0.3) is 0 Å². The van der Waals surface area contributed by atoms with E-state index >= 15 is 0 Å². The molecular formula is C12H12ClFN4O. The van der Waals surface area contributed by atoms with Gasteiger partial charge in [0.05, 0.1) is 5.02 Å². The maximum absolute atomic E-state index is 13.3. The largest absolute Gasteiger partial charge is 0.439 e. The number of nitrogens with two attached hydrogens (primary N) is 1. The maximum atomic E-state index is 13.3. The van der Waals surface area contributed by atoms with Crippen molar-refractivity contribution < 1.29 is 9.13 Å². The average Bonchev–Trinajstić information content (AvgIpc) is 2.42. The van der Waals surface area contributed by atoms with Crippen molar-refractivity contribution in [1.29, 1.82) is 0 Å². The highest BCUT2D eigenvalue weighted by Gasteiger charge is 2.07. The lowest BCUT2D eigenvalue weighted by Gasteiger charge is -2.08. The monoisotopic (exact) mass is 282 g/mol.